The van der Waals surface area contributed by atoms with Crippen LogP contribution < -0.4 is 4.90 Å². The summed E-state index contributed by atoms with van der Waals surface area (Å²) in [6.45, 7) is 4.74. The van der Waals surface area contributed by atoms with Crippen LogP contribution in [-0.4, -0.2) is 36.9 Å². The Labute approximate surface area is 127 Å². The molecule has 0 saturated carbocycles. The molecule has 0 bridgehead atoms. The van der Waals surface area contributed by atoms with Gasteiger partial charge in [0.05, 0.1) is 0 Å². The van der Waals surface area contributed by atoms with Gasteiger partial charge in [-0.3, -0.25) is 4.79 Å². The number of alkyl halides is 7. The normalized spacial score (nSPS) is 13.1. The second-order valence-corrected chi connectivity index (χ2v) is 4.69. The molecule has 0 aliphatic rings. The molecule has 0 aliphatic carbocycles. The van der Waals surface area contributed by atoms with Gasteiger partial charge in [-0.1, -0.05) is 0 Å². The van der Waals surface area contributed by atoms with Crippen LogP contribution in [0.3, 0.4) is 0 Å². The third-order valence-corrected chi connectivity index (χ3v) is 3.29. The molecule has 1 aromatic carbocycles. The van der Waals surface area contributed by atoms with Gasteiger partial charge in [0.1, 0.15) is 0 Å². The van der Waals surface area contributed by atoms with Crippen molar-refractivity contribution >= 4 is 11.5 Å². The molecule has 0 unspecified atom stereocenters. The summed E-state index contributed by atoms with van der Waals surface area (Å²) in [7, 11) is 0. The lowest BCUT2D eigenvalue weighted by molar-refractivity contribution is -0.339. The Kier molecular flexibility index (Phi) is 5.33. The first-order valence-corrected chi connectivity index (χ1v) is 6.62. The highest BCUT2D eigenvalue weighted by Gasteiger charge is 2.76. The first kappa shape index (κ1) is 19.2. The average molecular weight is 345 g/mol. The monoisotopic (exact) mass is 345 g/mol. The van der Waals surface area contributed by atoms with E-state index >= 15 is 0 Å². The van der Waals surface area contributed by atoms with Gasteiger partial charge in [0.25, 0.3) is 0 Å². The Bertz CT molecular complexity index is 547. The van der Waals surface area contributed by atoms with Crippen molar-refractivity contribution in [2.75, 3.05) is 18.0 Å². The SMILES string of the molecule is CCN(CC)c1ccc(C(=O)C(F)(F)C(F)(F)C(F)(F)F)cc1. The number of hydrogen-bond acceptors (Lipinski definition) is 2. The Morgan fingerprint density at radius 1 is 0.913 bits per heavy atom. The summed E-state index contributed by atoms with van der Waals surface area (Å²) in [5, 5.41) is 0. The van der Waals surface area contributed by atoms with E-state index in [0.717, 1.165) is 12.1 Å². The molecule has 130 valence electrons. The van der Waals surface area contributed by atoms with Gasteiger partial charge in [-0.25, -0.2) is 0 Å². The number of anilines is 1. The molecular formula is C14H14F7NO. The number of rotatable bonds is 6. The third-order valence-electron chi connectivity index (χ3n) is 3.29. The quantitative estimate of drug-likeness (QED) is 0.557. The average Bonchev–Trinajstić information content (AvgIpc) is 2.47. The highest BCUT2D eigenvalue weighted by Crippen LogP contribution is 2.47. The number of halogens is 7. The van der Waals surface area contributed by atoms with E-state index in [1.165, 1.54) is 12.1 Å². The first-order valence-electron chi connectivity index (χ1n) is 6.62. The molecule has 0 spiro atoms. The van der Waals surface area contributed by atoms with Crippen LogP contribution in [0.1, 0.15) is 24.2 Å². The Balaban J connectivity index is 3.14. The van der Waals surface area contributed by atoms with Gasteiger partial charge in [0.2, 0.25) is 5.78 Å². The van der Waals surface area contributed by atoms with E-state index in [9.17, 15) is 35.5 Å². The zero-order chi connectivity index (χ0) is 18.1. The van der Waals surface area contributed by atoms with E-state index in [2.05, 4.69) is 0 Å². The van der Waals surface area contributed by atoms with Crippen LogP contribution in [0.5, 0.6) is 0 Å². The molecule has 0 N–H and O–H groups in total. The molecule has 0 heterocycles. The lowest BCUT2D eigenvalue weighted by Crippen LogP contribution is -2.56. The first-order chi connectivity index (χ1) is 10.4. The molecular weight excluding hydrogens is 331 g/mol. The topological polar surface area (TPSA) is 20.3 Å². The van der Waals surface area contributed by atoms with Crippen LogP contribution in [0, 0.1) is 0 Å². The zero-order valence-electron chi connectivity index (χ0n) is 12.2. The maximum absolute atomic E-state index is 13.3. The molecule has 23 heavy (non-hydrogen) atoms. The molecule has 1 aromatic rings. The lowest BCUT2D eigenvalue weighted by Gasteiger charge is -2.27. The lowest BCUT2D eigenvalue weighted by atomic mass is 9.99. The predicted molar refractivity (Wildman–Crippen MR) is 70.3 cm³/mol. The van der Waals surface area contributed by atoms with E-state index in [1.807, 2.05) is 0 Å². The molecule has 2 nitrogen and oxygen atoms in total. The van der Waals surface area contributed by atoms with E-state index in [1.54, 1.807) is 18.7 Å². The van der Waals surface area contributed by atoms with E-state index in [-0.39, 0.29) is 0 Å². The molecule has 0 atom stereocenters. The van der Waals surface area contributed by atoms with Crippen LogP contribution in [0.25, 0.3) is 0 Å². The molecule has 0 fully saturated rings. The fourth-order valence-electron chi connectivity index (χ4n) is 1.91. The molecule has 1 rings (SSSR count). The fraction of sp³-hybridized carbons (Fsp3) is 0.500. The van der Waals surface area contributed by atoms with Crippen LogP contribution >= 0.6 is 0 Å². The predicted octanol–water partition coefficient (Wildman–Crippen LogP) is 4.55. The minimum absolute atomic E-state index is 0.525. The number of carbonyl (C=O) groups excluding carboxylic acids is 1. The zero-order valence-corrected chi connectivity index (χ0v) is 12.2. The second-order valence-electron chi connectivity index (χ2n) is 4.69. The van der Waals surface area contributed by atoms with Crippen LogP contribution in [0.2, 0.25) is 0 Å². The highest BCUT2D eigenvalue weighted by atomic mass is 19.4. The number of benzene rings is 1. The summed E-state index contributed by atoms with van der Waals surface area (Å²) < 4.78 is 88.6. The number of nitrogens with zero attached hydrogens (tertiary/aromatic N) is 1. The summed E-state index contributed by atoms with van der Waals surface area (Å²) in [6, 6.07) is 4.02. The minimum atomic E-state index is -6.53. The molecule has 0 aliphatic heterocycles. The second kappa shape index (κ2) is 6.37. The number of carbonyl (C=O) groups is 1. The van der Waals surface area contributed by atoms with Gasteiger partial charge in [-0.15, -0.1) is 0 Å². The van der Waals surface area contributed by atoms with Crippen molar-refractivity contribution in [2.24, 2.45) is 0 Å². The van der Waals surface area contributed by atoms with Crippen molar-refractivity contribution in [3.63, 3.8) is 0 Å². The van der Waals surface area contributed by atoms with Crippen molar-refractivity contribution in [2.45, 2.75) is 31.9 Å². The van der Waals surface area contributed by atoms with Crippen molar-refractivity contribution in [1.82, 2.24) is 0 Å². The Morgan fingerprint density at radius 2 is 1.35 bits per heavy atom. The maximum Gasteiger partial charge on any atom is 0.460 e. The number of Topliss-reactive ketones (excluding diaryl/α,β-unsaturated/α-hetero) is 1. The van der Waals surface area contributed by atoms with Crippen molar-refractivity contribution in [3.05, 3.63) is 29.8 Å². The Hall–Kier alpha value is -1.80. The Morgan fingerprint density at radius 3 is 1.70 bits per heavy atom. The maximum atomic E-state index is 13.3. The fourth-order valence-corrected chi connectivity index (χ4v) is 1.91. The van der Waals surface area contributed by atoms with Crippen molar-refractivity contribution < 1.29 is 35.5 Å². The van der Waals surface area contributed by atoms with E-state index in [0.29, 0.717) is 18.8 Å². The summed E-state index contributed by atoms with van der Waals surface area (Å²) in [5.74, 6) is -14.9. The van der Waals surface area contributed by atoms with Gasteiger partial charge < -0.3 is 4.90 Å². The number of ketones is 1. The minimum Gasteiger partial charge on any atom is -0.372 e. The molecule has 0 radical (unpaired) electrons. The van der Waals surface area contributed by atoms with E-state index < -0.39 is 29.4 Å². The highest BCUT2D eigenvalue weighted by molar-refractivity contribution is 6.02. The number of hydrogen-bond donors (Lipinski definition) is 0. The third kappa shape index (κ3) is 3.42. The van der Waals surface area contributed by atoms with Gasteiger partial charge >= 0.3 is 18.0 Å². The van der Waals surface area contributed by atoms with E-state index in [4.69, 9.17) is 0 Å². The molecule has 0 saturated heterocycles. The molecule has 0 amide bonds. The standard InChI is InChI=1S/C14H14F7NO/c1-3-22(4-2)10-7-5-9(6-8-10)11(23)12(15,16)13(17,18)14(19,20)21/h5-8H,3-4H2,1-2H3. The van der Waals surface area contributed by atoms with Crippen molar-refractivity contribution in [1.29, 1.82) is 0 Å². The summed E-state index contributed by atoms with van der Waals surface area (Å²) in [6.07, 6.45) is -6.53. The van der Waals surface area contributed by atoms with Gasteiger partial charge in [-0.05, 0) is 38.1 Å². The van der Waals surface area contributed by atoms with Gasteiger partial charge in [0.15, 0.2) is 0 Å². The van der Waals surface area contributed by atoms with Gasteiger partial charge in [-0.2, -0.15) is 30.7 Å². The summed E-state index contributed by atoms with van der Waals surface area (Å²) >= 11 is 0. The van der Waals surface area contributed by atoms with Crippen LogP contribution in [-0.2, 0) is 0 Å². The van der Waals surface area contributed by atoms with Crippen LogP contribution in [0.15, 0.2) is 24.3 Å². The molecule has 9 heteroatoms. The van der Waals surface area contributed by atoms with Crippen molar-refractivity contribution in [3.8, 4) is 0 Å². The molecule has 0 aromatic heterocycles. The smallest absolute Gasteiger partial charge is 0.372 e. The van der Waals surface area contributed by atoms with Gasteiger partial charge in [0, 0.05) is 24.3 Å². The summed E-state index contributed by atoms with van der Waals surface area (Å²) in [4.78, 5) is 13.2. The van der Waals surface area contributed by atoms with Crippen LogP contribution in [0.4, 0.5) is 36.4 Å². The summed E-state index contributed by atoms with van der Waals surface area (Å²) in [5.41, 5.74) is -0.396. The largest absolute Gasteiger partial charge is 0.460 e.